The van der Waals surface area contributed by atoms with Gasteiger partial charge < -0.3 is 9.74 Å². The van der Waals surface area contributed by atoms with Gasteiger partial charge in [-0.3, -0.25) is 0 Å². The van der Waals surface area contributed by atoms with Crippen molar-refractivity contribution < 1.29 is 0 Å². The molecule has 0 N–H and O–H groups in total. The highest BCUT2D eigenvalue weighted by Crippen LogP contribution is 2.17. The smallest absolute Gasteiger partial charge is 0.266 e. The minimum absolute atomic E-state index is 0.385. The highest BCUT2D eigenvalue weighted by Gasteiger charge is 2.07. The number of hydrogen-bond donors (Lipinski definition) is 0. The molecule has 1 aromatic rings. The van der Waals surface area contributed by atoms with Crippen molar-refractivity contribution in [3.63, 3.8) is 0 Å². The first kappa shape index (κ1) is 11.0. The third-order valence-electron chi connectivity index (χ3n) is 1.67. The van der Waals surface area contributed by atoms with Crippen LogP contribution in [0.2, 0.25) is 0 Å². The predicted molar refractivity (Wildman–Crippen MR) is 66.5 cm³/mol. The van der Waals surface area contributed by atoms with Gasteiger partial charge in [0.05, 0.1) is 0 Å². The Labute approximate surface area is 93.7 Å². The monoisotopic (exact) mass is 222 g/mol. The van der Waals surface area contributed by atoms with Gasteiger partial charge in [-0.05, 0) is 23.9 Å². The van der Waals surface area contributed by atoms with Crippen molar-refractivity contribution in [2.24, 2.45) is 0 Å². The second-order valence-corrected chi connectivity index (χ2v) is 4.17. The number of anilines is 1. The van der Waals surface area contributed by atoms with E-state index in [-0.39, 0.29) is 0 Å². The lowest BCUT2D eigenvalue weighted by atomic mass is 10.3. The summed E-state index contributed by atoms with van der Waals surface area (Å²) in [5.74, 6) is 0.385. The van der Waals surface area contributed by atoms with Crippen LogP contribution in [0.25, 0.3) is 4.85 Å². The Bertz CT molecular complexity index is 343. The summed E-state index contributed by atoms with van der Waals surface area (Å²) in [4.78, 5) is 5.16. The number of nitrogens with zero attached hydrogens (tertiary/aromatic N) is 2. The van der Waals surface area contributed by atoms with Crippen molar-refractivity contribution in [2.75, 3.05) is 17.8 Å². The van der Waals surface area contributed by atoms with Crippen LogP contribution in [0.4, 0.5) is 5.69 Å². The summed E-state index contributed by atoms with van der Waals surface area (Å²) in [6.45, 7) is 6.67. The van der Waals surface area contributed by atoms with Crippen LogP contribution in [0.3, 0.4) is 0 Å². The molecular formula is C10H10N2S2. The Balaban J connectivity index is 2.62. The van der Waals surface area contributed by atoms with E-state index in [0.717, 1.165) is 10.0 Å². The summed E-state index contributed by atoms with van der Waals surface area (Å²) in [6, 6.07) is 9.88. The summed E-state index contributed by atoms with van der Waals surface area (Å²) in [6.07, 6.45) is 0. The molecule has 0 atom stereocenters. The highest BCUT2D eigenvalue weighted by atomic mass is 32.2. The van der Waals surface area contributed by atoms with Crippen LogP contribution in [0.5, 0.6) is 0 Å². The number of hydrogen-bond acceptors (Lipinski definition) is 2. The third kappa shape index (κ3) is 3.02. The molecule has 0 spiro atoms. The molecular weight excluding hydrogens is 212 g/mol. The molecule has 1 aromatic carbocycles. The molecule has 2 nitrogen and oxygen atoms in total. The molecule has 4 heteroatoms. The van der Waals surface area contributed by atoms with Crippen LogP contribution in [0.1, 0.15) is 0 Å². The largest absolute Gasteiger partial charge is 0.330 e. The maximum atomic E-state index is 6.67. The fourth-order valence-electron chi connectivity index (χ4n) is 0.941. The van der Waals surface area contributed by atoms with Gasteiger partial charge in [-0.15, -0.1) is 0 Å². The molecule has 0 aliphatic rings. The minimum Gasteiger partial charge on any atom is -0.330 e. The molecule has 0 aromatic heterocycles. The molecule has 0 fully saturated rings. The number of benzene rings is 1. The van der Waals surface area contributed by atoms with Crippen LogP contribution < -0.4 is 4.90 Å². The lowest BCUT2D eigenvalue weighted by Gasteiger charge is -2.17. The average molecular weight is 222 g/mol. The summed E-state index contributed by atoms with van der Waals surface area (Å²) in [7, 11) is 1.91. The zero-order valence-electron chi connectivity index (χ0n) is 7.80. The van der Waals surface area contributed by atoms with Crippen molar-refractivity contribution >= 4 is 34.0 Å². The molecule has 72 valence electrons. The van der Waals surface area contributed by atoms with E-state index >= 15 is 0 Å². The third-order valence-corrected chi connectivity index (χ3v) is 3.08. The molecule has 0 aliphatic carbocycles. The zero-order valence-corrected chi connectivity index (χ0v) is 9.44. The van der Waals surface area contributed by atoms with Gasteiger partial charge in [0, 0.05) is 12.7 Å². The molecule has 0 amide bonds. The molecule has 0 aliphatic heterocycles. The van der Waals surface area contributed by atoms with Crippen LogP contribution >= 0.6 is 24.0 Å². The quantitative estimate of drug-likeness (QED) is 0.561. The molecule has 0 saturated carbocycles. The molecule has 0 unspecified atom stereocenters. The molecule has 14 heavy (non-hydrogen) atoms. The number of thioether (sulfide) groups is 1. The van der Waals surface area contributed by atoms with Gasteiger partial charge in [-0.2, -0.15) is 0 Å². The molecule has 0 saturated heterocycles. The summed E-state index contributed by atoms with van der Waals surface area (Å²) >= 11 is 6.55. The lowest BCUT2D eigenvalue weighted by molar-refractivity contribution is 1.31. The van der Waals surface area contributed by atoms with Crippen molar-refractivity contribution in [3.8, 4) is 0 Å². The lowest BCUT2D eigenvalue weighted by Crippen LogP contribution is -2.21. The molecule has 0 radical (unpaired) electrons. The molecule has 0 bridgehead atoms. The van der Waals surface area contributed by atoms with Gasteiger partial charge >= 0.3 is 0 Å². The van der Waals surface area contributed by atoms with Crippen molar-refractivity contribution in [1.82, 2.24) is 0 Å². The highest BCUT2D eigenvalue weighted by molar-refractivity contribution is 8.23. The Morgan fingerprint density at radius 2 is 2.14 bits per heavy atom. The first-order valence-corrected chi connectivity index (χ1v) is 5.44. The van der Waals surface area contributed by atoms with Crippen LogP contribution in [-0.4, -0.2) is 17.2 Å². The van der Waals surface area contributed by atoms with Gasteiger partial charge in [-0.25, -0.2) is 6.57 Å². The van der Waals surface area contributed by atoms with E-state index in [1.54, 1.807) is 0 Å². The van der Waals surface area contributed by atoms with Crippen LogP contribution in [0, 0.1) is 6.57 Å². The minimum atomic E-state index is 0.385. The summed E-state index contributed by atoms with van der Waals surface area (Å²) in [5, 5.41) is 0. The fourth-order valence-corrected chi connectivity index (χ4v) is 1.68. The van der Waals surface area contributed by atoms with Gasteiger partial charge in [0.25, 0.3) is 5.88 Å². The first-order valence-electron chi connectivity index (χ1n) is 4.04. The Hall–Kier alpha value is -1.05. The second-order valence-electron chi connectivity index (χ2n) is 2.59. The zero-order chi connectivity index (χ0) is 10.4. The van der Waals surface area contributed by atoms with E-state index in [1.807, 2.05) is 42.3 Å². The SMILES string of the molecule is [C-]#[N+]CSC(=S)N(C)c1ccccc1. The van der Waals surface area contributed by atoms with Gasteiger partial charge in [0.2, 0.25) is 0 Å². The summed E-state index contributed by atoms with van der Waals surface area (Å²) < 4.78 is 0.729. The topological polar surface area (TPSA) is 7.60 Å². The van der Waals surface area contributed by atoms with E-state index < -0.39 is 0 Å². The van der Waals surface area contributed by atoms with E-state index in [2.05, 4.69) is 4.85 Å². The first-order chi connectivity index (χ1) is 6.75. The second kappa shape index (κ2) is 5.63. The van der Waals surface area contributed by atoms with Gasteiger partial charge in [0.15, 0.2) is 0 Å². The normalized spacial score (nSPS) is 9.14. The van der Waals surface area contributed by atoms with E-state index in [9.17, 15) is 0 Å². The van der Waals surface area contributed by atoms with E-state index in [4.69, 9.17) is 18.8 Å². The number of rotatable bonds is 2. The fraction of sp³-hybridized carbons (Fsp3) is 0.200. The van der Waals surface area contributed by atoms with E-state index in [0.29, 0.717) is 5.88 Å². The molecule has 0 heterocycles. The van der Waals surface area contributed by atoms with Crippen molar-refractivity contribution in [3.05, 3.63) is 41.7 Å². The molecule has 1 rings (SSSR count). The number of para-hydroxylation sites is 1. The predicted octanol–water partition coefficient (Wildman–Crippen LogP) is 3.02. The van der Waals surface area contributed by atoms with Crippen molar-refractivity contribution in [1.29, 1.82) is 0 Å². The van der Waals surface area contributed by atoms with E-state index in [1.165, 1.54) is 11.8 Å². The van der Waals surface area contributed by atoms with Gasteiger partial charge in [-0.1, -0.05) is 30.4 Å². The maximum Gasteiger partial charge on any atom is 0.266 e. The average Bonchev–Trinajstić information content (AvgIpc) is 2.26. The Kier molecular flexibility index (Phi) is 4.44. The number of thiocarbonyl (C=S) groups is 1. The summed E-state index contributed by atoms with van der Waals surface area (Å²) in [5.41, 5.74) is 1.05. The standard InChI is InChI=1S/C10H10N2S2/c1-11-8-14-10(13)12(2)9-6-4-3-5-7-9/h3-7H,8H2,2H3. The Morgan fingerprint density at radius 1 is 1.50 bits per heavy atom. The Morgan fingerprint density at radius 3 is 2.71 bits per heavy atom. The maximum absolute atomic E-state index is 6.67. The van der Waals surface area contributed by atoms with Crippen LogP contribution in [0.15, 0.2) is 30.3 Å². The van der Waals surface area contributed by atoms with Crippen molar-refractivity contribution in [2.45, 2.75) is 0 Å². The van der Waals surface area contributed by atoms with Crippen LogP contribution in [-0.2, 0) is 0 Å². The van der Waals surface area contributed by atoms with Gasteiger partial charge in [0.1, 0.15) is 4.32 Å².